The van der Waals surface area contributed by atoms with Gasteiger partial charge in [0.2, 0.25) is 0 Å². The van der Waals surface area contributed by atoms with Crippen LogP contribution in [-0.2, 0) is 0 Å². The summed E-state index contributed by atoms with van der Waals surface area (Å²) in [4.78, 5) is 0. The van der Waals surface area contributed by atoms with Gasteiger partial charge in [-0.3, -0.25) is 0 Å². The first-order chi connectivity index (χ1) is 8.04. The van der Waals surface area contributed by atoms with Gasteiger partial charge in [0, 0.05) is 14.3 Å². The van der Waals surface area contributed by atoms with Crippen LogP contribution in [0.2, 0.25) is 5.02 Å². The van der Waals surface area contributed by atoms with Crippen molar-refractivity contribution in [1.82, 2.24) is 0 Å². The van der Waals surface area contributed by atoms with Gasteiger partial charge in [-0.25, -0.2) is 4.39 Å². The number of benzene rings is 2. The van der Waals surface area contributed by atoms with E-state index in [1.807, 2.05) is 18.2 Å². The van der Waals surface area contributed by atoms with Crippen LogP contribution in [0.3, 0.4) is 0 Å². The Morgan fingerprint density at radius 1 is 1.18 bits per heavy atom. The molecule has 0 aliphatic carbocycles. The van der Waals surface area contributed by atoms with E-state index in [2.05, 4.69) is 27.9 Å². The average molecular weight is 363 g/mol. The molecule has 0 amide bonds. The Hall–Kier alpha value is -1.01. The second-order valence-corrected chi connectivity index (χ2v) is 5.20. The smallest absolute Gasteiger partial charge is 0.126 e. The second kappa shape index (κ2) is 5.10. The Morgan fingerprint density at radius 3 is 2.59 bits per heavy atom. The minimum Gasteiger partial charge on any atom is -0.397 e. The van der Waals surface area contributed by atoms with Crippen LogP contribution < -0.4 is 11.1 Å². The van der Waals surface area contributed by atoms with Crippen molar-refractivity contribution < 1.29 is 4.39 Å². The molecule has 0 aliphatic heterocycles. The van der Waals surface area contributed by atoms with Crippen molar-refractivity contribution in [3.05, 3.63) is 50.8 Å². The quantitative estimate of drug-likeness (QED) is 0.613. The highest BCUT2D eigenvalue weighted by atomic mass is 127. The van der Waals surface area contributed by atoms with Crippen molar-refractivity contribution >= 4 is 51.3 Å². The molecule has 0 fully saturated rings. The number of hydrogen-bond acceptors (Lipinski definition) is 2. The first-order valence-electron chi connectivity index (χ1n) is 4.83. The highest BCUT2D eigenvalue weighted by Gasteiger charge is 2.03. The van der Waals surface area contributed by atoms with E-state index in [1.54, 1.807) is 6.07 Å². The minimum absolute atomic E-state index is 0.344. The molecule has 2 aromatic carbocycles. The van der Waals surface area contributed by atoms with Crippen molar-refractivity contribution in [2.45, 2.75) is 0 Å². The molecule has 88 valence electrons. The molecule has 2 nitrogen and oxygen atoms in total. The van der Waals surface area contributed by atoms with Crippen LogP contribution in [0.4, 0.5) is 21.5 Å². The van der Waals surface area contributed by atoms with Gasteiger partial charge in [-0.1, -0.05) is 11.6 Å². The number of nitrogens with one attached hydrogen (secondary N) is 1. The van der Waals surface area contributed by atoms with Crippen molar-refractivity contribution in [3.8, 4) is 0 Å². The van der Waals surface area contributed by atoms with E-state index in [4.69, 9.17) is 17.3 Å². The normalized spacial score (nSPS) is 10.3. The van der Waals surface area contributed by atoms with E-state index in [0.717, 1.165) is 9.26 Å². The number of anilines is 3. The lowest BCUT2D eigenvalue weighted by Crippen LogP contribution is -1.97. The summed E-state index contributed by atoms with van der Waals surface area (Å²) >= 11 is 7.94. The molecular weight excluding hydrogens is 354 g/mol. The maximum Gasteiger partial charge on any atom is 0.126 e. The molecule has 0 atom stereocenters. The first-order valence-corrected chi connectivity index (χ1v) is 6.28. The standard InChI is InChI=1S/C12H9ClFIN2/c13-7-3-8(14)5-10(4-7)17-12-2-1-9(15)6-11(12)16/h1-6,17H,16H2. The minimum atomic E-state index is -0.385. The van der Waals surface area contributed by atoms with E-state index < -0.39 is 0 Å². The molecule has 0 radical (unpaired) electrons. The third-order valence-corrected chi connectivity index (χ3v) is 3.04. The van der Waals surface area contributed by atoms with Gasteiger partial charge in [0.15, 0.2) is 0 Å². The summed E-state index contributed by atoms with van der Waals surface area (Å²) in [5.41, 5.74) is 7.76. The monoisotopic (exact) mass is 362 g/mol. The number of nitrogen functional groups attached to an aromatic ring is 1. The zero-order chi connectivity index (χ0) is 12.4. The largest absolute Gasteiger partial charge is 0.397 e. The van der Waals surface area contributed by atoms with Gasteiger partial charge in [0.25, 0.3) is 0 Å². The lowest BCUT2D eigenvalue weighted by atomic mass is 10.2. The van der Waals surface area contributed by atoms with Crippen LogP contribution >= 0.6 is 34.2 Å². The van der Waals surface area contributed by atoms with Crippen molar-refractivity contribution in [3.63, 3.8) is 0 Å². The zero-order valence-corrected chi connectivity index (χ0v) is 11.6. The molecule has 2 aromatic rings. The number of halogens is 3. The van der Waals surface area contributed by atoms with Crippen LogP contribution in [0.5, 0.6) is 0 Å². The van der Waals surface area contributed by atoms with Crippen LogP contribution in [0, 0.1) is 9.39 Å². The van der Waals surface area contributed by atoms with Gasteiger partial charge < -0.3 is 11.1 Å². The fourth-order valence-corrected chi connectivity index (χ4v) is 2.17. The summed E-state index contributed by atoms with van der Waals surface area (Å²) in [6, 6.07) is 9.86. The highest BCUT2D eigenvalue weighted by Crippen LogP contribution is 2.26. The van der Waals surface area contributed by atoms with Crippen molar-refractivity contribution in [1.29, 1.82) is 0 Å². The van der Waals surface area contributed by atoms with Gasteiger partial charge >= 0.3 is 0 Å². The fraction of sp³-hybridized carbons (Fsp3) is 0. The summed E-state index contributed by atoms with van der Waals surface area (Å²) in [5.74, 6) is -0.385. The summed E-state index contributed by atoms with van der Waals surface area (Å²) in [5, 5.41) is 3.37. The number of nitrogens with two attached hydrogens (primary N) is 1. The molecule has 0 aliphatic rings. The predicted molar refractivity (Wildman–Crippen MR) is 78.3 cm³/mol. The van der Waals surface area contributed by atoms with Gasteiger partial charge in [0.1, 0.15) is 5.82 Å². The van der Waals surface area contributed by atoms with Gasteiger partial charge in [-0.15, -0.1) is 0 Å². The Morgan fingerprint density at radius 2 is 1.94 bits per heavy atom. The molecular formula is C12H9ClFIN2. The van der Waals surface area contributed by atoms with E-state index >= 15 is 0 Å². The zero-order valence-electron chi connectivity index (χ0n) is 8.68. The molecule has 0 saturated heterocycles. The molecule has 2 rings (SSSR count). The van der Waals surface area contributed by atoms with Gasteiger partial charge in [-0.2, -0.15) is 0 Å². The first kappa shape index (κ1) is 12.4. The maximum atomic E-state index is 13.1. The lowest BCUT2D eigenvalue weighted by Gasteiger charge is -2.10. The molecule has 5 heteroatoms. The molecule has 3 N–H and O–H groups in total. The topological polar surface area (TPSA) is 38.0 Å². The van der Waals surface area contributed by atoms with Crippen molar-refractivity contribution in [2.75, 3.05) is 11.1 Å². The molecule has 17 heavy (non-hydrogen) atoms. The Kier molecular flexibility index (Phi) is 3.73. The van der Waals surface area contributed by atoms with E-state index in [0.29, 0.717) is 16.4 Å². The van der Waals surface area contributed by atoms with Crippen LogP contribution in [0.15, 0.2) is 36.4 Å². The molecule has 0 spiro atoms. The van der Waals surface area contributed by atoms with E-state index in [-0.39, 0.29) is 5.82 Å². The Balaban J connectivity index is 2.31. The van der Waals surface area contributed by atoms with Crippen molar-refractivity contribution in [2.24, 2.45) is 0 Å². The third-order valence-electron chi connectivity index (χ3n) is 2.16. The second-order valence-electron chi connectivity index (χ2n) is 3.51. The van der Waals surface area contributed by atoms with Gasteiger partial charge in [-0.05, 0) is 59.0 Å². The molecule has 0 bridgehead atoms. The average Bonchev–Trinajstić information content (AvgIpc) is 2.21. The van der Waals surface area contributed by atoms with E-state index in [9.17, 15) is 4.39 Å². The SMILES string of the molecule is Nc1cc(I)ccc1Nc1cc(F)cc(Cl)c1. The molecule has 0 heterocycles. The lowest BCUT2D eigenvalue weighted by molar-refractivity contribution is 0.628. The third kappa shape index (κ3) is 3.23. The summed E-state index contributed by atoms with van der Waals surface area (Å²) in [7, 11) is 0. The highest BCUT2D eigenvalue weighted by molar-refractivity contribution is 14.1. The van der Waals surface area contributed by atoms with Gasteiger partial charge in [0.05, 0.1) is 11.4 Å². The fourth-order valence-electron chi connectivity index (χ4n) is 1.43. The number of hydrogen-bond donors (Lipinski definition) is 2. The molecule has 0 aromatic heterocycles. The predicted octanol–water partition coefficient (Wildman–Crippen LogP) is 4.41. The Bertz CT molecular complexity index is 540. The van der Waals surface area contributed by atoms with E-state index in [1.165, 1.54) is 12.1 Å². The molecule has 0 unspecified atom stereocenters. The Labute approximate surface area is 117 Å². The summed E-state index contributed by atoms with van der Waals surface area (Å²) in [6.07, 6.45) is 0. The van der Waals surface area contributed by atoms with Crippen LogP contribution in [0.25, 0.3) is 0 Å². The van der Waals surface area contributed by atoms with Crippen LogP contribution in [-0.4, -0.2) is 0 Å². The molecule has 0 saturated carbocycles. The summed E-state index contributed by atoms with van der Waals surface area (Å²) in [6.45, 7) is 0. The van der Waals surface area contributed by atoms with Crippen LogP contribution in [0.1, 0.15) is 0 Å². The maximum absolute atomic E-state index is 13.1. The number of rotatable bonds is 2. The summed E-state index contributed by atoms with van der Waals surface area (Å²) < 4.78 is 14.2.